The average molecular weight is 569 g/mol. The van der Waals surface area contributed by atoms with Crippen LogP contribution in [0.5, 0.6) is 0 Å². The van der Waals surface area contributed by atoms with Crippen LogP contribution in [-0.4, -0.2) is 69.2 Å². The fraction of sp³-hybridized carbons (Fsp3) is 0.467. The predicted molar refractivity (Wildman–Crippen MR) is 153 cm³/mol. The number of fused-ring (bicyclic) bond motifs is 3. The van der Waals surface area contributed by atoms with Crippen molar-refractivity contribution in [2.45, 2.75) is 57.6 Å². The summed E-state index contributed by atoms with van der Waals surface area (Å²) in [7, 11) is 1.20. The molecule has 0 bridgehead atoms. The molecule has 4 N–H and O–H groups in total. The molecule has 0 unspecified atom stereocenters. The molecule has 1 atom stereocenters. The Hall–Kier alpha value is -4.28. The number of esters is 1. The van der Waals surface area contributed by atoms with Crippen LogP contribution in [0.2, 0.25) is 0 Å². The number of methoxy groups -OCH3 is 1. The Balaban J connectivity index is 1.37. The van der Waals surface area contributed by atoms with Gasteiger partial charge in [0.15, 0.2) is 0 Å². The van der Waals surface area contributed by atoms with Crippen LogP contribution in [0.15, 0.2) is 48.5 Å². The number of unbranched alkanes of at least 4 members (excludes halogenated alkanes) is 2. The third-order valence-electron chi connectivity index (χ3n) is 6.40. The molecule has 0 aliphatic heterocycles. The fourth-order valence-corrected chi connectivity index (χ4v) is 4.51. The highest BCUT2D eigenvalue weighted by molar-refractivity contribution is 5.83. The van der Waals surface area contributed by atoms with E-state index in [0.717, 1.165) is 35.1 Å². The summed E-state index contributed by atoms with van der Waals surface area (Å²) in [6.07, 6.45) is 0.967. The minimum absolute atomic E-state index is 0.0922. The van der Waals surface area contributed by atoms with Gasteiger partial charge < -0.3 is 35.5 Å². The third-order valence-corrected chi connectivity index (χ3v) is 6.40. The molecule has 4 amide bonds. The van der Waals surface area contributed by atoms with Gasteiger partial charge in [-0.3, -0.25) is 0 Å². The molecule has 11 nitrogen and oxygen atoms in total. The second-order valence-corrected chi connectivity index (χ2v) is 10.7. The van der Waals surface area contributed by atoms with Crippen molar-refractivity contribution in [2.75, 3.05) is 33.4 Å². The lowest BCUT2D eigenvalue weighted by molar-refractivity contribution is -0.142. The Bertz CT molecular complexity index is 1170. The number of carbonyl (C=O) groups is 4. The van der Waals surface area contributed by atoms with E-state index in [2.05, 4.69) is 21.3 Å². The van der Waals surface area contributed by atoms with Gasteiger partial charge in [0, 0.05) is 19.0 Å². The molecule has 2 aromatic rings. The lowest BCUT2D eigenvalue weighted by Gasteiger charge is -2.19. The zero-order valence-corrected chi connectivity index (χ0v) is 24.1. The van der Waals surface area contributed by atoms with Crippen LogP contribution in [0.3, 0.4) is 0 Å². The van der Waals surface area contributed by atoms with Crippen molar-refractivity contribution in [3.05, 3.63) is 59.7 Å². The van der Waals surface area contributed by atoms with Gasteiger partial charge in [-0.1, -0.05) is 48.5 Å². The fourth-order valence-electron chi connectivity index (χ4n) is 4.51. The number of ether oxygens (including phenoxy) is 3. The highest BCUT2D eigenvalue weighted by Crippen LogP contribution is 2.44. The monoisotopic (exact) mass is 568 g/mol. The molecule has 3 rings (SSSR count). The zero-order chi connectivity index (χ0) is 29.8. The van der Waals surface area contributed by atoms with E-state index in [0.29, 0.717) is 19.5 Å². The summed E-state index contributed by atoms with van der Waals surface area (Å²) in [6, 6.07) is 14.4. The lowest BCUT2D eigenvalue weighted by atomic mass is 9.98. The van der Waals surface area contributed by atoms with Crippen LogP contribution in [0, 0.1) is 0 Å². The van der Waals surface area contributed by atoms with E-state index in [1.54, 1.807) is 20.8 Å². The highest BCUT2D eigenvalue weighted by Gasteiger charge is 2.30. The number of amides is 4. The van der Waals surface area contributed by atoms with E-state index in [1.807, 2.05) is 48.5 Å². The van der Waals surface area contributed by atoms with E-state index in [1.165, 1.54) is 7.11 Å². The van der Waals surface area contributed by atoms with Crippen molar-refractivity contribution in [2.24, 2.45) is 0 Å². The smallest absolute Gasteiger partial charge is 0.407 e. The molecule has 0 radical (unpaired) electrons. The standard InChI is InChI=1S/C30H40N4O7/c1-30(2,3)41-28(37)32-17-11-5-10-16-31-27(36)33-18-25(26(35)39-4)34-29(38)40-19-24-22-14-8-6-12-20(22)21-13-7-9-15-23(21)24/h6-9,12-15,24-25H,5,10-11,16-19H2,1-4H3,(H,32,37)(H,34,38)(H2,31,33,36)/t25-/m0/s1. The molecule has 1 aliphatic carbocycles. The minimum Gasteiger partial charge on any atom is -0.467 e. The largest absolute Gasteiger partial charge is 0.467 e. The van der Waals surface area contributed by atoms with Gasteiger partial charge in [0.1, 0.15) is 18.2 Å². The van der Waals surface area contributed by atoms with E-state index in [-0.39, 0.29) is 19.1 Å². The van der Waals surface area contributed by atoms with E-state index < -0.39 is 35.8 Å². The maximum atomic E-state index is 12.6. The number of carbonyl (C=O) groups excluding carboxylic acids is 4. The molecule has 0 aromatic heterocycles. The number of hydrogen-bond acceptors (Lipinski definition) is 7. The Labute approximate surface area is 240 Å². The maximum Gasteiger partial charge on any atom is 0.407 e. The SMILES string of the molecule is COC(=O)[C@H](CNC(=O)NCCCCCNC(=O)OC(C)(C)C)NC(=O)OCC1c2ccccc2-c2ccccc21. The van der Waals surface area contributed by atoms with Gasteiger partial charge in [0.05, 0.1) is 13.7 Å². The summed E-state index contributed by atoms with van der Waals surface area (Å²) >= 11 is 0. The summed E-state index contributed by atoms with van der Waals surface area (Å²) in [5, 5.41) is 10.4. The number of benzene rings is 2. The first-order valence-electron chi connectivity index (χ1n) is 13.8. The molecule has 0 saturated heterocycles. The molecular weight excluding hydrogens is 528 g/mol. The summed E-state index contributed by atoms with van der Waals surface area (Å²) in [4.78, 5) is 48.7. The van der Waals surface area contributed by atoms with E-state index in [9.17, 15) is 19.2 Å². The van der Waals surface area contributed by atoms with Crippen molar-refractivity contribution in [3.8, 4) is 11.1 Å². The van der Waals surface area contributed by atoms with Gasteiger partial charge in [0.25, 0.3) is 0 Å². The Morgan fingerprint density at radius 1 is 0.805 bits per heavy atom. The van der Waals surface area contributed by atoms with Crippen molar-refractivity contribution in [1.29, 1.82) is 0 Å². The number of nitrogens with one attached hydrogen (secondary N) is 4. The second kappa shape index (κ2) is 14.9. The third kappa shape index (κ3) is 9.70. The molecule has 222 valence electrons. The number of alkyl carbamates (subject to hydrolysis) is 2. The van der Waals surface area contributed by atoms with Crippen molar-refractivity contribution in [1.82, 2.24) is 21.3 Å². The molecule has 2 aromatic carbocycles. The summed E-state index contributed by atoms with van der Waals surface area (Å²) in [5.74, 6) is -0.835. The van der Waals surface area contributed by atoms with Crippen LogP contribution < -0.4 is 21.3 Å². The first-order valence-corrected chi connectivity index (χ1v) is 13.8. The molecule has 0 saturated carbocycles. The topological polar surface area (TPSA) is 144 Å². The van der Waals surface area contributed by atoms with Crippen molar-refractivity contribution >= 4 is 24.2 Å². The van der Waals surface area contributed by atoms with Crippen LogP contribution in [0.4, 0.5) is 14.4 Å². The highest BCUT2D eigenvalue weighted by atomic mass is 16.6. The lowest BCUT2D eigenvalue weighted by Crippen LogP contribution is -2.51. The summed E-state index contributed by atoms with van der Waals surface area (Å²) < 4.78 is 15.4. The van der Waals surface area contributed by atoms with Gasteiger partial charge in [-0.05, 0) is 62.3 Å². The van der Waals surface area contributed by atoms with Crippen LogP contribution >= 0.6 is 0 Å². The summed E-state index contributed by atoms with van der Waals surface area (Å²) in [5.41, 5.74) is 3.82. The quantitative estimate of drug-likeness (QED) is 0.172. The van der Waals surface area contributed by atoms with Crippen LogP contribution in [-0.2, 0) is 19.0 Å². The van der Waals surface area contributed by atoms with Crippen LogP contribution in [0.1, 0.15) is 57.1 Å². The predicted octanol–water partition coefficient (Wildman–Crippen LogP) is 4.06. The zero-order valence-electron chi connectivity index (χ0n) is 24.1. The van der Waals surface area contributed by atoms with Crippen LogP contribution in [0.25, 0.3) is 11.1 Å². The van der Waals surface area contributed by atoms with Crippen molar-refractivity contribution < 1.29 is 33.4 Å². The Morgan fingerprint density at radius 3 is 1.98 bits per heavy atom. The Morgan fingerprint density at radius 2 is 1.39 bits per heavy atom. The number of urea groups is 1. The first-order chi connectivity index (χ1) is 19.6. The van der Waals surface area contributed by atoms with Crippen molar-refractivity contribution in [3.63, 3.8) is 0 Å². The Kier molecular flexibility index (Phi) is 11.4. The van der Waals surface area contributed by atoms with Gasteiger partial charge in [-0.25, -0.2) is 19.2 Å². The van der Waals surface area contributed by atoms with Gasteiger partial charge in [-0.2, -0.15) is 0 Å². The molecule has 1 aliphatic rings. The first kappa shape index (κ1) is 31.3. The van der Waals surface area contributed by atoms with E-state index in [4.69, 9.17) is 14.2 Å². The maximum absolute atomic E-state index is 12.6. The molecule has 0 fully saturated rings. The number of hydrogen-bond donors (Lipinski definition) is 4. The molecule has 11 heteroatoms. The minimum atomic E-state index is -1.12. The average Bonchev–Trinajstić information content (AvgIpc) is 3.25. The van der Waals surface area contributed by atoms with Gasteiger partial charge in [-0.15, -0.1) is 0 Å². The van der Waals surface area contributed by atoms with Gasteiger partial charge in [0.2, 0.25) is 0 Å². The molecule has 0 heterocycles. The molecular formula is C30H40N4O7. The molecule has 0 spiro atoms. The summed E-state index contributed by atoms with van der Waals surface area (Å²) in [6.45, 7) is 6.19. The normalized spacial score (nSPS) is 12.8. The second-order valence-electron chi connectivity index (χ2n) is 10.7. The van der Waals surface area contributed by atoms with E-state index >= 15 is 0 Å². The van der Waals surface area contributed by atoms with Gasteiger partial charge >= 0.3 is 24.2 Å². The molecule has 41 heavy (non-hydrogen) atoms. The number of rotatable bonds is 12.